The van der Waals surface area contributed by atoms with Crippen LogP contribution >= 0.6 is 15.9 Å². The first-order valence-corrected chi connectivity index (χ1v) is 11.5. The van der Waals surface area contributed by atoms with Gasteiger partial charge in [0.25, 0.3) is 0 Å². The Morgan fingerprint density at radius 1 is 1.03 bits per heavy atom. The van der Waals surface area contributed by atoms with Gasteiger partial charge in [-0.25, -0.2) is 4.39 Å². The number of allylic oxidation sites excluding steroid dienone is 1. The Balaban J connectivity index is 1.88. The fourth-order valence-corrected chi connectivity index (χ4v) is 4.13. The minimum Gasteiger partial charge on any atom is -0.508 e. The number of alkyl halides is 1. The van der Waals surface area contributed by atoms with Gasteiger partial charge in [0.2, 0.25) is 0 Å². The van der Waals surface area contributed by atoms with Crippen LogP contribution in [0.3, 0.4) is 0 Å². The zero-order chi connectivity index (χ0) is 21.8. The Kier molecular flexibility index (Phi) is 6.62. The van der Waals surface area contributed by atoms with Crippen molar-refractivity contribution in [3.63, 3.8) is 0 Å². The molecular formula is C26H24BrFO3. The van der Waals surface area contributed by atoms with Gasteiger partial charge in [-0.05, 0) is 76.2 Å². The van der Waals surface area contributed by atoms with E-state index in [0.717, 1.165) is 46.4 Å². The molecule has 0 aliphatic carbocycles. The lowest BCUT2D eigenvalue weighted by atomic mass is 9.87. The van der Waals surface area contributed by atoms with Gasteiger partial charge in [0, 0.05) is 11.8 Å². The van der Waals surface area contributed by atoms with Gasteiger partial charge in [0.1, 0.15) is 11.5 Å². The van der Waals surface area contributed by atoms with Crippen LogP contribution in [0.1, 0.15) is 35.6 Å². The summed E-state index contributed by atoms with van der Waals surface area (Å²) >= 11 is 3.30. The highest BCUT2D eigenvalue weighted by Gasteiger charge is 2.18. The molecule has 0 atom stereocenters. The first-order valence-electron chi connectivity index (χ1n) is 10.4. The lowest BCUT2D eigenvalue weighted by Crippen LogP contribution is -2.01. The van der Waals surface area contributed by atoms with Crippen molar-refractivity contribution >= 4 is 27.1 Å². The number of aromatic hydroxyl groups is 1. The number of phenols is 1. The first-order chi connectivity index (χ1) is 15.1. The molecule has 0 spiro atoms. The van der Waals surface area contributed by atoms with Crippen molar-refractivity contribution in [3.05, 3.63) is 88.7 Å². The Morgan fingerprint density at radius 3 is 2.48 bits per heavy atom. The third kappa shape index (κ3) is 4.62. The number of ether oxygens (including phenoxy) is 2. The van der Waals surface area contributed by atoms with Gasteiger partial charge in [-0.15, -0.1) is 0 Å². The predicted octanol–water partition coefficient (Wildman–Crippen LogP) is 6.61. The minimum atomic E-state index is -0.396. The van der Waals surface area contributed by atoms with E-state index in [0.29, 0.717) is 18.5 Å². The second-order valence-corrected chi connectivity index (χ2v) is 8.15. The molecule has 1 heterocycles. The van der Waals surface area contributed by atoms with E-state index in [1.165, 1.54) is 11.6 Å². The largest absolute Gasteiger partial charge is 0.508 e. The van der Waals surface area contributed by atoms with Crippen LogP contribution < -0.4 is 9.47 Å². The number of fused-ring (bicyclic) bond motifs is 1. The predicted molar refractivity (Wildman–Crippen MR) is 126 cm³/mol. The summed E-state index contributed by atoms with van der Waals surface area (Å²) in [6, 6.07) is 18.4. The molecule has 0 radical (unpaired) electrons. The molecule has 0 fully saturated rings. The summed E-state index contributed by atoms with van der Waals surface area (Å²) in [5.41, 5.74) is 6.01. The quantitative estimate of drug-likeness (QED) is 0.304. The second-order valence-electron chi connectivity index (χ2n) is 7.36. The zero-order valence-electron chi connectivity index (χ0n) is 17.3. The van der Waals surface area contributed by atoms with Crippen LogP contribution in [0.4, 0.5) is 4.39 Å². The molecule has 5 heteroatoms. The Morgan fingerprint density at radius 2 is 1.77 bits per heavy atom. The van der Waals surface area contributed by atoms with Gasteiger partial charge in [0.15, 0.2) is 11.6 Å². The molecule has 0 saturated carbocycles. The van der Waals surface area contributed by atoms with Gasteiger partial charge in [-0.2, -0.15) is 0 Å². The van der Waals surface area contributed by atoms with Gasteiger partial charge < -0.3 is 14.6 Å². The number of hydrogen-bond donors (Lipinski definition) is 1. The van der Waals surface area contributed by atoms with Crippen molar-refractivity contribution in [2.75, 3.05) is 18.5 Å². The maximum absolute atomic E-state index is 14.8. The molecule has 1 aliphatic heterocycles. The van der Waals surface area contributed by atoms with Crippen LogP contribution in [0.25, 0.3) is 11.1 Å². The number of hydrogen-bond acceptors (Lipinski definition) is 3. The highest BCUT2D eigenvalue weighted by molar-refractivity contribution is 9.09. The second kappa shape index (κ2) is 9.56. The molecule has 31 heavy (non-hydrogen) atoms. The SMILES string of the molecule is CC/C(=C(\c1ccc(O)cc1)c1ccc(OCCBr)c(F)c1)c1ccc2c(c1)CCO2. The van der Waals surface area contributed by atoms with Crippen LogP contribution in [0.5, 0.6) is 17.2 Å². The summed E-state index contributed by atoms with van der Waals surface area (Å²) in [4.78, 5) is 0. The number of phenolic OH excluding ortho intramolecular Hbond substituents is 1. The Labute approximate surface area is 190 Å². The lowest BCUT2D eigenvalue weighted by Gasteiger charge is -2.18. The molecule has 3 nitrogen and oxygen atoms in total. The summed E-state index contributed by atoms with van der Waals surface area (Å²) in [6.45, 7) is 3.20. The summed E-state index contributed by atoms with van der Waals surface area (Å²) < 4.78 is 26.0. The molecule has 0 unspecified atom stereocenters. The van der Waals surface area contributed by atoms with Crippen molar-refractivity contribution in [2.24, 2.45) is 0 Å². The third-order valence-corrected chi connectivity index (χ3v) is 5.73. The van der Waals surface area contributed by atoms with Crippen LogP contribution in [0.2, 0.25) is 0 Å². The topological polar surface area (TPSA) is 38.7 Å². The Bertz CT molecular complexity index is 1110. The summed E-state index contributed by atoms with van der Waals surface area (Å²) in [6.07, 6.45) is 1.66. The van der Waals surface area contributed by atoms with Gasteiger partial charge in [0.05, 0.1) is 13.2 Å². The molecule has 4 rings (SSSR count). The van der Waals surface area contributed by atoms with E-state index in [2.05, 4.69) is 35.0 Å². The van der Waals surface area contributed by atoms with E-state index in [4.69, 9.17) is 9.47 Å². The summed E-state index contributed by atoms with van der Waals surface area (Å²) in [7, 11) is 0. The van der Waals surface area contributed by atoms with Crippen molar-refractivity contribution in [3.8, 4) is 17.2 Å². The molecule has 0 aromatic heterocycles. The maximum atomic E-state index is 14.8. The van der Waals surface area contributed by atoms with E-state index in [1.807, 2.05) is 24.3 Å². The highest BCUT2D eigenvalue weighted by atomic mass is 79.9. The fourth-order valence-electron chi connectivity index (χ4n) is 3.96. The summed E-state index contributed by atoms with van der Waals surface area (Å²) in [5.74, 6) is 0.971. The third-order valence-electron chi connectivity index (χ3n) is 5.40. The van der Waals surface area contributed by atoms with Crippen LogP contribution in [0, 0.1) is 5.82 Å². The van der Waals surface area contributed by atoms with E-state index in [-0.39, 0.29) is 11.5 Å². The molecule has 160 valence electrons. The first kappa shape index (κ1) is 21.4. The van der Waals surface area contributed by atoms with Crippen molar-refractivity contribution in [2.45, 2.75) is 19.8 Å². The van der Waals surface area contributed by atoms with Crippen LogP contribution in [-0.2, 0) is 6.42 Å². The zero-order valence-corrected chi connectivity index (χ0v) is 18.9. The molecular weight excluding hydrogens is 459 g/mol. The molecule has 0 amide bonds. The average Bonchev–Trinajstić information content (AvgIpc) is 3.25. The average molecular weight is 483 g/mol. The normalized spacial score (nSPS) is 13.4. The van der Waals surface area contributed by atoms with Crippen molar-refractivity contribution in [1.82, 2.24) is 0 Å². The van der Waals surface area contributed by atoms with E-state index >= 15 is 0 Å². The van der Waals surface area contributed by atoms with Crippen molar-refractivity contribution in [1.29, 1.82) is 0 Å². The highest BCUT2D eigenvalue weighted by Crippen LogP contribution is 2.38. The molecule has 0 bridgehead atoms. The molecule has 3 aromatic carbocycles. The number of halogens is 2. The minimum absolute atomic E-state index is 0.195. The Hall–Kier alpha value is -2.79. The van der Waals surface area contributed by atoms with Crippen LogP contribution in [0.15, 0.2) is 60.7 Å². The van der Waals surface area contributed by atoms with Crippen LogP contribution in [-0.4, -0.2) is 23.7 Å². The maximum Gasteiger partial charge on any atom is 0.165 e. The standard InChI is InChI=1S/C26H24BrFO3/c1-2-22(18-5-9-24-19(15-18)11-13-30-24)26(17-3-7-21(29)8-4-17)20-6-10-25(23(28)16-20)31-14-12-27/h3-10,15-16,29H,2,11-14H2,1H3/b26-22-. The molecule has 1 N–H and O–H groups in total. The molecule has 0 saturated heterocycles. The monoisotopic (exact) mass is 482 g/mol. The van der Waals surface area contributed by atoms with Gasteiger partial charge in [-0.3, -0.25) is 0 Å². The van der Waals surface area contributed by atoms with E-state index in [1.54, 1.807) is 18.2 Å². The summed E-state index contributed by atoms with van der Waals surface area (Å²) in [5, 5.41) is 10.4. The van der Waals surface area contributed by atoms with Gasteiger partial charge in [-0.1, -0.05) is 47.1 Å². The van der Waals surface area contributed by atoms with Crippen molar-refractivity contribution < 1.29 is 19.0 Å². The van der Waals surface area contributed by atoms with E-state index in [9.17, 15) is 9.50 Å². The lowest BCUT2D eigenvalue weighted by molar-refractivity contribution is 0.326. The van der Waals surface area contributed by atoms with E-state index < -0.39 is 5.82 Å². The number of rotatable bonds is 7. The molecule has 1 aliphatic rings. The number of benzene rings is 3. The molecule has 3 aromatic rings. The van der Waals surface area contributed by atoms with Gasteiger partial charge >= 0.3 is 0 Å². The smallest absolute Gasteiger partial charge is 0.165 e. The fraction of sp³-hybridized carbons (Fsp3) is 0.231.